The predicted octanol–water partition coefficient (Wildman–Crippen LogP) is -0.706. The van der Waals surface area contributed by atoms with Crippen molar-refractivity contribution >= 4 is 11.8 Å². The zero-order chi connectivity index (χ0) is 12.4. The Morgan fingerprint density at radius 3 is 3.06 bits per heavy atom. The highest BCUT2D eigenvalue weighted by atomic mass is 32.2. The lowest BCUT2D eigenvalue weighted by Crippen LogP contribution is -2.36. The summed E-state index contributed by atoms with van der Waals surface area (Å²) in [5.74, 6) is 0.560. The molecule has 0 saturated carbocycles. The summed E-state index contributed by atoms with van der Waals surface area (Å²) in [5, 5.41) is 18.6. The molecule has 0 aliphatic carbocycles. The van der Waals surface area contributed by atoms with Crippen LogP contribution in [0.25, 0.3) is 0 Å². The van der Waals surface area contributed by atoms with Crippen LogP contribution >= 0.6 is 11.8 Å². The second-order valence-electron chi connectivity index (χ2n) is 3.90. The molecule has 1 aliphatic rings. The second kappa shape index (κ2) is 5.07. The highest BCUT2D eigenvalue weighted by Crippen LogP contribution is 2.28. The number of aliphatic hydroxyl groups excluding tert-OH is 2. The lowest BCUT2D eigenvalue weighted by Gasteiger charge is -2.17. The van der Waals surface area contributed by atoms with Gasteiger partial charge in [-0.3, -0.25) is 9.78 Å². The smallest absolute Gasteiger partial charge is 0.296 e. The molecule has 0 amide bonds. The lowest BCUT2D eigenvalue weighted by atomic mass is 10.2. The van der Waals surface area contributed by atoms with Crippen LogP contribution in [0, 0.1) is 6.92 Å². The maximum atomic E-state index is 11.3. The largest absolute Gasteiger partial charge is 0.458 e. The van der Waals surface area contributed by atoms with E-state index in [2.05, 4.69) is 9.97 Å². The van der Waals surface area contributed by atoms with Gasteiger partial charge in [0.15, 0.2) is 0 Å². The predicted molar refractivity (Wildman–Crippen MR) is 63.3 cm³/mol. The lowest BCUT2D eigenvalue weighted by molar-refractivity contribution is 0.0416. The number of H-pyrrole nitrogens is 1. The van der Waals surface area contributed by atoms with Crippen molar-refractivity contribution in [3.8, 4) is 6.01 Å². The van der Waals surface area contributed by atoms with Gasteiger partial charge in [0.05, 0.1) is 11.9 Å². The summed E-state index contributed by atoms with van der Waals surface area (Å²) >= 11 is 1.44. The summed E-state index contributed by atoms with van der Waals surface area (Å²) in [6.07, 6.45) is 0.214. The van der Waals surface area contributed by atoms with Crippen LogP contribution in [0.3, 0.4) is 0 Å². The van der Waals surface area contributed by atoms with Crippen LogP contribution in [0.5, 0.6) is 6.01 Å². The number of aromatic nitrogens is 2. The first-order valence-electron chi connectivity index (χ1n) is 5.25. The Balaban J connectivity index is 2.06. The molecule has 2 heterocycles. The second-order valence-corrected chi connectivity index (χ2v) is 5.17. The summed E-state index contributed by atoms with van der Waals surface area (Å²) in [5.41, 5.74) is 0.251. The molecule has 0 spiro atoms. The highest BCUT2D eigenvalue weighted by Gasteiger charge is 2.37. The van der Waals surface area contributed by atoms with Crippen molar-refractivity contribution in [2.75, 3.05) is 12.4 Å². The molecular formula is C10H14N2O4S. The third-order valence-electron chi connectivity index (χ3n) is 2.63. The molecule has 1 aliphatic heterocycles. The number of thioether (sulfide) groups is 1. The van der Waals surface area contributed by atoms with Crippen molar-refractivity contribution in [2.24, 2.45) is 0 Å². The van der Waals surface area contributed by atoms with Gasteiger partial charge < -0.3 is 14.9 Å². The number of hydrogen-bond donors (Lipinski definition) is 3. The summed E-state index contributed by atoms with van der Waals surface area (Å²) in [6, 6.07) is 0.101. The number of rotatable bonds is 3. The van der Waals surface area contributed by atoms with Gasteiger partial charge in [-0.15, -0.1) is 11.8 Å². The fraction of sp³-hybridized carbons (Fsp3) is 0.600. The molecule has 0 aromatic carbocycles. The summed E-state index contributed by atoms with van der Waals surface area (Å²) in [6.45, 7) is 1.56. The summed E-state index contributed by atoms with van der Waals surface area (Å²) in [4.78, 5) is 17.7. The molecule has 3 atom stereocenters. The van der Waals surface area contributed by atoms with Gasteiger partial charge in [0.25, 0.3) is 11.6 Å². The fourth-order valence-corrected chi connectivity index (χ4v) is 2.74. The molecule has 3 N–H and O–H groups in total. The van der Waals surface area contributed by atoms with Gasteiger partial charge in [0.2, 0.25) is 0 Å². The van der Waals surface area contributed by atoms with Crippen molar-refractivity contribution in [2.45, 2.75) is 24.4 Å². The van der Waals surface area contributed by atoms with Crippen molar-refractivity contribution in [3.63, 3.8) is 0 Å². The van der Waals surface area contributed by atoms with Gasteiger partial charge in [-0.2, -0.15) is 0 Å². The number of ether oxygens (including phenoxy) is 1. The average Bonchev–Trinajstić information content (AvgIpc) is 2.65. The Hall–Kier alpha value is -1.05. The molecule has 0 radical (unpaired) electrons. The van der Waals surface area contributed by atoms with Crippen molar-refractivity contribution in [3.05, 3.63) is 22.1 Å². The van der Waals surface area contributed by atoms with E-state index in [4.69, 9.17) is 9.84 Å². The van der Waals surface area contributed by atoms with Gasteiger partial charge in [-0.1, -0.05) is 0 Å². The number of aromatic amines is 1. The Labute approximate surface area is 102 Å². The number of hydrogen-bond acceptors (Lipinski definition) is 6. The molecule has 6 nitrogen and oxygen atoms in total. The molecule has 17 heavy (non-hydrogen) atoms. The van der Waals surface area contributed by atoms with E-state index in [0.717, 1.165) is 0 Å². The zero-order valence-corrected chi connectivity index (χ0v) is 10.1. The van der Waals surface area contributed by atoms with Crippen LogP contribution < -0.4 is 10.3 Å². The van der Waals surface area contributed by atoms with Crippen molar-refractivity contribution in [1.29, 1.82) is 0 Å². The number of aryl methyl sites for hydroxylation is 1. The molecule has 0 bridgehead atoms. The average molecular weight is 258 g/mol. The van der Waals surface area contributed by atoms with Crippen LogP contribution in [0.1, 0.15) is 5.56 Å². The molecular weight excluding hydrogens is 244 g/mol. The first-order valence-corrected chi connectivity index (χ1v) is 6.30. The van der Waals surface area contributed by atoms with Crippen molar-refractivity contribution < 1.29 is 14.9 Å². The minimum Gasteiger partial charge on any atom is -0.458 e. The molecule has 1 aromatic rings. The van der Waals surface area contributed by atoms with Crippen LogP contribution in [0.15, 0.2) is 11.0 Å². The van der Waals surface area contributed by atoms with Gasteiger partial charge in [0, 0.05) is 17.5 Å². The SMILES string of the molecule is Cc1cnc(O[C@@H]2CS[C@H](CO)[C@H]2O)[nH]c1=O. The van der Waals surface area contributed by atoms with Crippen LogP contribution in [0.2, 0.25) is 0 Å². The highest BCUT2D eigenvalue weighted by molar-refractivity contribution is 8.00. The minimum atomic E-state index is -0.753. The number of nitrogens with zero attached hydrogens (tertiary/aromatic N) is 1. The van der Waals surface area contributed by atoms with Crippen LogP contribution in [-0.4, -0.2) is 50.0 Å². The van der Waals surface area contributed by atoms with E-state index < -0.39 is 12.2 Å². The molecule has 94 valence electrons. The molecule has 1 saturated heterocycles. The van der Waals surface area contributed by atoms with Gasteiger partial charge >= 0.3 is 0 Å². The van der Waals surface area contributed by atoms with E-state index in [9.17, 15) is 9.90 Å². The van der Waals surface area contributed by atoms with Crippen LogP contribution in [0.4, 0.5) is 0 Å². The van der Waals surface area contributed by atoms with E-state index in [1.807, 2.05) is 0 Å². The minimum absolute atomic E-state index is 0.0937. The van der Waals surface area contributed by atoms with Crippen molar-refractivity contribution in [1.82, 2.24) is 9.97 Å². The standard InChI is InChI=1S/C10H14N2O4S/c1-5-2-11-10(12-9(5)15)16-6-4-17-7(3-13)8(6)14/h2,6-8,13-14H,3-4H2,1H3,(H,11,12,15)/t6-,7-,8+/m1/s1. The molecule has 1 fully saturated rings. The maximum Gasteiger partial charge on any atom is 0.296 e. The molecule has 7 heteroatoms. The maximum absolute atomic E-state index is 11.3. The van der Waals surface area contributed by atoms with Gasteiger partial charge in [0.1, 0.15) is 12.2 Å². The number of aliphatic hydroxyl groups is 2. The first kappa shape index (κ1) is 12.4. The number of nitrogens with one attached hydrogen (secondary N) is 1. The Kier molecular flexibility index (Phi) is 3.70. The quantitative estimate of drug-likeness (QED) is 0.663. The third kappa shape index (κ3) is 2.62. The Morgan fingerprint density at radius 1 is 1.71 bits per heavy atom. The molecule has 0 unspecified atom stereocenters. The van der Waals surface area contributed by atoms with Gasteiger partial charge in [-0.25, -0.2) is 4.98 Å². The molecule has 1 aromatic heterocycles. The normalized spacial score (nSPS) is 28.3. The van der Waals surface area contributed by atoms with E-state index in [1.54, 1.807) is 6.92 Å². The monoisotopic (exact) mass is 258 g/mol. The first-order chi connectivity index (χ1) is 8.11. The summed E-state index contributed by atoms with van der Waals surface area (Å²) < 4.78 is 5.41. The van der Waals surface area contributed by atoms with E-state index in [1.165, 1.54) is 18.0 Å². The van der Waals surface area contributed by atoms with E-state index in [-0.39, 0.29) is 23.4 Å². The Bertz CT molecular complexity index is 450. The van der Waals surface area contributed by atoms with Gasteiger partial charge in [-0.05, 0) is 6.92 Å². The van der Waals surface area contributed by atoms with E-state index >= 15 is 0 Å². The summed E-state index contributed by atoms with van der Waals surface area (Å²) in [7, 11) is 0. The zero-order valence-electron chi connectivity index (χ0n) is 9.29. The fourth-order valence-electron chi connectivity index (χ4n) is 1.56. The van der Waals surface area contributed by atoms with Crippen LogP contribution in [-0.2, 0) is 0 Å². The van der Waals surface area contributed by atoms with E-state index in [0.29, 0.717) is 11.3 Å². The third-order valence-corrected chi connectivity index (χ3v) is 4.01. The topological polar surface area (TPSA) is 95.4 Å². The Morgan fingerprint density at radius 2 is 2.47 bits per heavy atom. The molecule has 2 rings (SSSR count).